The van der Waals surface area contributed by atoms with E-state index in [9.17, 15) is 25.8 Å². The van der Waals surface area contributed by atoms with Crippen LogP contribution in [0.15, 0.2) is 44.6 Å². The highest BCUT2D eigenvalue weighted by molar-refractivity contribution is 9.10. The lowest BCUT2D eigenvalue weighted by Crippen LogP contribution is -2.16. The second-order valence-electron chi connectivity index (χ2n) is 5.66. The lowest BCUT2D eigenvalue weighted by molar-refractivity contribution is 0.483. The first-order chi connectivity index (χ1) is 11.3. The molecule has 2 aromatic rings. The van der Waals surface area contributed by atoms with Crippen molar-refractivity contribution < 1.29 is 25.8 Å². The summed E-state index contributed by atoms with van der Waals surface area (Å²) in [6, 6.07) is 5.79. The van der Waals surface area contributed by atoms with E-state index in [4.69, 9.17) is 5.14 Å². The van der Waals surface area contributed by atoms with Gasteiger partial charge in [0.25, 0.3) is 10.1 Å². The van der Waals surface area contributed by atoms with Crippen molar-refractivity contribution in [2.45, 2.75) is 29.6 Å². The van der Waals surface area contributed by atoms with Gasteiger partial charge in [-0.3, -0.25) is 4.55 Å². The normalized spacial score (nSPS) is 12.6. The van der Waals surface area contributed by atoms with Gasteiger partial charge in [-0.25, -0.2) is 17.9 Å². The van der Waals surface area contributed by atoms with Gasteiger partial charge in [0.05, 0.1) is 4.90 Å². The minimum atomic E-state index is -4.83. The Kier molecular flexibility index (Phi) is 5.41. The predicted molar refractivity (Wildman–Crippen MR) is 94.8 cm³/mol. The quantitative estimate of drug-likeness (QED) is 0.692. The Labute approximate surface area is 153 Å². The van der Waals surface area contributed by atoms with Crippen molar-refractivity contribution in [3.63, 3.8) is 0 Å². The molecule has 10 heteroatoms. The lowest BCUT2D eigenvalue weighted by atomic mass is 9.92. The Morgan fingerprint density at radius 2 is 1.64 bits per heavy atom. The van der Waals surface area contributed by atoms with Crippen LogP contribution in [-0.4, -0.2) is 21.4 Å². The highest BCUT2D eigenvalue weighted by Crippen LogP contribution is 2.40. The molecule has 0 bridgehead atoms. The molecule has 3 N–H and O–H groups in total. The van der Waals surface area contributed by atoms with Gasteiger partial charge in [-0.15, -0.1) is 0 Å². The summed E-state index contributed by atoms with van der Waals surface area (Å²) in [5.41, 5.74) is -0.371. The summed E-state index contributed by atoms with van der Waals surface area (Å²) in [4.78, 5) is -1.33. The molecule has 25 heavy (non-hydrogen) atoms. The van der Waals surface area contributed by atoms with Crippen LogP contribution < -0.4 is 5.14 Å². The van der Waals surface area contributed by atoms with Crippen LogP contribution in [0.5, 0.6) is 0 Å². The van der Waals surface area contributed by atoms with Gasteiger partial charge >= 0.3 is 0 Å². The van der Waals surface area contributed by atoms with Crippen molar-refractivity contribution in [1.29, 1.82) is 0 Å². The maximum Gasteiger partial charge on any atom is 0.295 e. The number of sulfonamides is 1. The van der Waals surface area contributed by atoms with Crippen molar-refractivity contribution in [3.05, 3.63) is 46.2 Å². The molecule has 0 unspecified atom stereocenters. The Bertz CT molecular complexity index is 1000. The van der Waals surface area contributed by atoms with Crippen molar-refractivity contribution >= 4 is 36.1 Å². The highest BCUT2D eigenvalue weighted by Gasteiger charge is 2.29. The monoisotopic (exact) mass is 451 g/mol. The molecule has 136 valence electrons. The summed E-state index contributed by atoms with van der Waals surface area (Å²) in [5.74, 6) is -1.12. The number of primary sulfonamides is 1. The van der Waals surface area contributed by atoms with Crippen LogP contribution >= 0.6 is 15.9 Å². The average molecular weight is 452 g/mol. The number of hydrogen-bond acceptors (Lipinski definition) is 4. The molecular weight excluding hydrogens is 437 g/mol. The topological polar surface area (TPSA) is 115 Å². The Morgan fingerprint density at radius 1 is 1.08 bits per heavy atom. The van der Waals surface area contributed by atoms with Crippen molar-refractivity contribution in [3.8, 4) is 11.1 Å². The van der Waals surface area contributed by atoms with E-state index in [1.807, 2.05) is 0 Å². The number of rotatable bonds is 4. The lowest BCUT2D eigenvalue weighted by Gasteiger charge is -2.19. The molecule has 0 atom stereocenters. The van der Waals surface area contributed by atoms with Gasteiger partial charge < -0.3 is 0 Å². The Hall–Kier alpha value is -1.33. The van der Waals surface area contributed by atoms with E-state index < -0.39 is 41.3 Å². The van der Waals surface area contributed by atoms with Gasteiger partial charge in [0, 0.05) is 15.6 Å². The summed E-state index contributed by atoms with van der Waals surface area (Å²) >= 11 is 3.15. The zero-order valence-corrected chi connectivity index (χ0v) is 16.4. The fraction of sp³-hybridized carbons (Fsp3) is 0.200. The summed E-state index contributed by atoms with van der Waals surface area (Å²) < 4.78 is 72.0. The first-order valence-electron chi connectivity index (χ1n) is 6.96. The maximum absolute atomic E-state index is 14.8. The van der Waals surface area contributed by atoms with E-state index in [1.54, 1.807) is 19.9 Å². The molecule has 2 aromatic carbocycles. The van der Waals surface area contributed by atoms with Crippen LogP contribution in [-0.2, 0) is 20.1 Å². The molecule has 0 fully saturated rings. The first-order valence-corrected chi connectivity index (χ1v) is 10.7. The van der Waals surface area contributed by atoms with Crippen molar-refractivity contribution in [2.75, 3.05) is 0 Å². The minimum absolute atomic E-state index is 0.240. The summed E-state index contributed by atoms with van der Waals surface area (Å²) in [5, 5.41) is 5.18. The van der Waals surface area contributed by atoms with Crippen LogP contribution in [0.1, 0.15) is 25.3 Å². The van der Waals surface area contributed by atoms with E-state index in [1.165, 1.54) is 0 Å². The number of halogens is 2. The van der Waals surface area contributed by atoms with Crippen LogP contribution in [0, 0.1) is 5.82 Å². The van der Waals surface area contributed by atoms with Gasteiger partial charge in [-0.1, -0.05) is 35.8 Å². The summed E-state index contributed by atoms with van der Waals surface area (Å²) in [6.45, 7) is 3.47. The molecule has 0 radical (unpaired) electrons. The van der Waals surface area contributed by atoms with Crippen molar-refractivity contribution in [1.82, 2.24) is 0 Å². The minimum Gasteiger partial charge on any atom is -0.282 e. The van der Waals surface area contributed by atoms with Gasteiger partial charge in [0.1, 0.15) is 10.7 Å². The smallest absolute Gasteiger partial charge is 0.282 e. The van der Waals surface area contributed by atoms with E-state index in [0.717, 1.165) is 24.3 Å². The Balaban J connectivity index is 3.13. The molecule has 0 heterocycles. The zero-order chi connectivity index (χ0) is 19.2. The molecule has 0 aliphatic rings. The summed E-state index contributed by atoms with van der Waals surface area (Å²) in [6.07, 6.45) is 0. The average Bonchev–Trinajstić information content (AvgIpc) is 2.43. The number of nitrogens with two attached hydrogens (primary N) is 1. The highest BCUT2D eigenvalue weighted by atomic mass is 79.9. The predicted octanol–water partition coefficient (Wildman–Crippen LogP) is 3.27. The van der Waals surface area contributed by atoms with Crippen LogP contribution in [0.4, 0.5) is 4.39 Å². The molecule has 0 aromatic heterocycles. The van der Waals surface area contributed by atoms with Crippen LogP contribution in [0.2, 0.25) is 0 Å². The molecule has 0 saturated heterocycles. The van der Waals surface area contributed by atoms with Crippen LogP contribution in [0.3, 0.4) is 0 Å². The third-order valence-electron chi connectivity index (χ3n) is 3.53. The van der Waals surface area contributed by atoms with Gasteiger partial charge in [-0.05, 0) is 35.7 Å². The molecule has 0 spiro atoms. The third-order valence-corrected chi connectivity index (χ3v) is 5.84. The molecule has 0 amide bonds. The van der Waals surface area contributed by atoms with E-state index in [0.29, 0.717) is 10.0 Å². The summed E-state index contributed by atoms with van der Waals surface area (Å²) in [7, 11) is -9.22. The van der Waals surface area contributed by atoms with Gasteiger partial charge in [0.15, 0.2) is 0 Å². The molecule has 0 aliphatic heterocycles. The number of benzene rings is 2. The SMILES string of the molecule is CC(C)c1cc(Br)cc(F)c1-c1c(S(N)(=O)=O)cccc1S(=O)(=O)O. The van der Waals surface area contributed by atoms with E-state index >= 15 is 0 Å². The molecule has 6 nitrogen and oxygen atoms in total. The first kappa shape index (κ1) is 20.0. The van der Waals surface area contributed by atoms with E-state index in [2.05, 4.69) is 15.9 Å². The molecule has 0 saturated carbocycles. The van der Waals surface area contributed by atoms with Crippen molar-refractivity contribution in [2.24, 2.45) is 5.14 Å². The van der Waals surface area contributed by atoms with Crippen LogP contribution in [0.25, 0.3) is 11.1 Å². The molecule has 0 aliphatic carbocycles. The molecule has 2 rings (SSSR count). The fourth-order valence-corrected chi connectivity index (χ4v) is 4.52. The largest absolute Gasteiger partial charge is 0.295 e. The number of hydrogen-bond donors (Lipinski definition) is 2. The third kappa shape index (κ3) is 4.09. The second-order valence-corrected chi connectivity index (χ2v) is 9.49. The maximum atomic E-state index is 14.8. The fourth-order valence-electron chi connectivity index (χ4n) is 2.52. The standard InChI is InChI=1S/C15H15BrFNO5S2/c1-8(2)10-6-9(16)7-11(17)14(10)15-12(24(18,19)20)4-3-5-13(15)25(21,22)23/h3-8H,1-2H3,(H2,18,19,20)(H,21,22,23). The van der Waals surface area contributed by atoms with Gasteiger partial charge in [-0.2, -0.15) is 8.42 Å². The zero-order valence-electron chi connectivity index (χ0n) is 13.2. The van der Waals surface area contributed by atoms with E-state index in [-0.39, 0.29) is 11.5 Å². The van der Waals surface area contributed by atoms with Gasteiger partial charge in [0.2, 0.25) is 10.0 Å². The second kappa shape index (κ2) is 6.76. The Morgan fingerprint density at radius 3 is 2.12 bits per heavy atom. The molecular formula is C15H15BrFNO5S2.